The number of carbonyl (C=O) groups excluding carboxylic acids is 1. The van der Waals surface area contributed by atoms with E-state index in [2.05, 4.69) is 5.32 Å². The first kappa shape index (κ1) is 17.8. The molecule has 6 nitrogen and oxygen atoms in total. The van der Waals surface area contributed by atoms with Crippen molar-refractivity contribution in [1.82, 2.24) is 14.5 Å². The van der Waals surface area contributed by atoms with Crippen molar-refractivity contribution in [2.45, 2.75) is 6.54 Å². The quantitative estimate of drug-likeness (QED) is 0.852. The van der Waals surface area contributed by atoms with Crippen molar-refractivity contribution in [1.29, 1.82) is 0 Å². The Bertz CT molecular complexity index is 648. The predicted octanol–water partition coefficient (Wildman–Crippen LogP) is 0.265. The van der Waals surface area contributed by atoms with E-state index in [-0.39, 0.29) is 18.3 Å². The van der Waals surface area contributed by atoms with Gasteiger partial charge < -0.3 is 5.32 Å². The number of halogens is 1. The van der Waals surface area contributed by atoms with Gasteiger partial charge in [0, 0.05) is 39.8 Å². The highest BCUT2D eigenvalue weighted by atomic mass is 32.2. The second kappa shape index (κ2) is 7.37. The molecule has 128 valence electrons. The number of benzene rings is 1. The Morgan fingerprint density at radius 3 is 2.48 bits per heavy atom. The molecule has 0 aromatic heterocycles. The zero-order valence-corrected chi connectivity index (χ0v) is 14.1. The van der Waals surface area contributed by atoms with Crippen LogP contribution >= 0.6 is 0 Å². The first-order chi connectivity index (χ1) is 10.8. The van der Waals surface area contributed by atoms with Gasteiger partial charge in [-0.15, -0.1) is 0 Å². The standard InChI is InChI=1S/C15H22FN3O3S/c1-17-15(20)13-10-18(7-8-19(11-13)23(2,21)22)9-12-3-5-14(16)6-4-12/h3-6,13H,7-11H2,1-2H3,(H,17,20)/t13-/m0/s1. The number of sulfonamides is 1. The average molecular weight is 343 g/mol. The molecule has 0 saturated carbocycles. The summed E-state index contributed by atoms with van der Waals surface area (Å²) in [6, 6.07) is 6.19. The molecule has 0 radical (unpaired) electrons. The van der Waals surface area contributed by atoms with E-state index < -0.39 is 15.9 Å². The van der Waals surface area contributed by atoms with Crippen LogP contribution in [0.15, 0.2) is 24.3 Å². The van der Waals surface area contributed by atoms with Crippen LogP contribution in [0.4, 0.5) is 4.39 Å². The summed E-state index contributed by atoms with van der Waals surface area (Å²) in [4.78, 5) is 14.1. The first-order valence-electron chi connectivity index (χ1n) is 7.43. The van der Waals surface area contributed by atoms with E-state index in [0.717, 1.165) is 11.8 Å². The van der Waals surface area contributed by atoms with E-state index in [4.69, 9.17) is 0 Å². The van der Waals surface area contributed by atoms with Gasteiger partial charge in [0.1, 0.15) is 5.82 Å². The van der Waals surface area contributed by atoms with Crippen molar-refractivity contribution in [3.63, 3.8) is 0 Å². The van der Waals surface area contributed by atoms with Crippen LogP contribution in [0, 0.1) is 11.7 Å². The summed E-state index contributed by atoms with van der Waals surface area (Å²) in [5.74, 6) is -0.904. The molecule has 2 rings (SSSR count). The van der Waals surface area contributed by atoms with Crippen molar-refractivity contribution in [2.24, 2.45) is 5.92 Å². The first-order valence-corrected chi connectivity index (χ1v) is 9.28. The summed E-state index contributed by atoms with van der Waals surface area (Å²) in [6.07, 6.45) is 1.16. The van der Waals surface area contributed by atoms with E-state index in [0.29, 0.717) is 26.2 Å². The summed E-state index contributed by atoms with van der Waals surface area (Å²) in [7, 11) is -1.80. The molecule has 0 bridgehead atoms. The smallest absolute Gasteiger partial charge is 0.225 e. The van der Waals surface area contributed by atoms with E-state index >= 15 is 0 Å². The lowest BCUT2D eigenvalue weighted by Crippen LogP contribution is -2.41. The summed E-state index contributed by atoms with van der Waals surface area (Å²) < 4.78 is 38.0. The normalized spacial score (nSPS) is 20.9. The molecular weight excluding hydrogens is 321 g/mol. The van der Waals surface area contributed by atoms with Crippen molar-refractivity contribution < 1.29 is 17.6 Å². The Morgan fingerprint density at radius 2 is 1.91 bits per heavy atom. The fraction of sp³-hybridized carbons (Fsp3) is 0.533. The minimum Gasteiger partial charge on any atom is -0.359 e. The van der Waals surface area contributed by atoms with Gasteiger partial charge in [-0.1, -0.05) is 12.1 Å². The molecular formula is C15H22FN3O3S. The Kier molecular flexibility index (Phi) is 5.72. The minimum absolute atomic E-state index is 0.176. The minimum atomic E-state index is -3.35. The van der Waals surface area contributed by atoms with E-state index in [1.165, 1.54) is 16.4 Å². The number of nitrogens with zero attached hydrogens (tertiary/aromatic N) is 2. The number of hydrogen-bond donors (Lipinski definition) is 1. The summed E-state index contributed by atoms with van der Waals surface area (Å²) in [5, 5.41) is 2.59. The van der Waals surface area contributed by atoms with E-state index in [1.54, 1.807) is 19.2 Å². The highest BCUT2D eigenvalue weighted by Gasteiger charge is 2.31. The Balaban J connectivity index is 2.14. The fourth-order valence-corrected chi connectivity index (χ4v) is 3.58. The van der Waals surface area contributed by atoms with Gasteiger partial charge in [0.2, 0.25) is 15.9 Å². The molecule has 1 N–H and O–H groups in total. The molecule has 8 heteroatoms. The molecule has 1 saturated heterocycles. The van der Waals surface area contributed by atoms with Gasteiger partial charge in [-0.2, -0.15) is 0 Å². The number of carbonyl (C=O) groups is 1. The Hall–Kier alpha value is -1.51. The van der Waals surface area contributed by atoms with Gasteiger partial charge in [-0.25, -0.2) is 17.1 Å². The lowest BCUT2D eigenvalue weighted by molar-refractivity contribution is -0.125. The van der Waals surface area contributed by atoms with Crippen LogP contribution in [0.3, 0.4) is 0 Å². The van der Waals surface area contributed by atoms with E-state index in [1.807, 2.05) is 4.90 Å². The van der Waals surface area contributed by atoms with Crippen LogP contribution in [-0.4, -0.2) is 63.0 Å². The maximum absolute atomic E-state index is 13.0. The number of amides is 1. The zero-order valence-electron chi connectivity index (χ0n) is 13.3. The highest BCUT2D eigenvalue weighted by molar-refractivity contribution is 7.88. The molecule has 0 aliphatic carbocycles. The monoisotopic (exact) mass is 343 g/mol. The summed E-state index contributed by atoms with van der Waals surface area (Å²) in [6.45, 7) is 2.05. The van der Waals surface area contributed by atoms with Gasteiger partial charge >= 0.3 is 0 Å². The van der Waals surface area contributed by atoms with Crippen LogP contribution in [-0.2, 0) is 21.4 Å². The maximum Gasteiger partial charge on any atom is 0.225 e. The molecule has 1 heterocycles. The second-order valence-corrected chi connectivity index (χ2v) is 7.78. The molecule has 0 spiro atoms. The molecule has 0 unspecified atom stereocenters. The number of hydrogen-bond acceptors (Lipinski definition) is 4. The molecule has 1 aliphatic heterocycles. The van der Waals surface area contributed by atoms with Crippen LogP contribution in [0.25, 0.3) is 0 Å². The van der Waals surface area contributed by atoms with Crippen molar-refractivity contribution in [3.05, 3.63) is 35.6 Å². The molecule has 23 heavy (non-hydrogen) atoms. The predicted molar refractivity (Wildman–Crippen MR) is 85.7 cm³/mol. The molecule has 1 aromatic carbocycles. The average Bonchev–Trinajstić information content (AvgIpc) is 2.71. The Morgan fingerprint density at radius 1 is 1.26 bits per heavy atom. The van der Waals surface area contributed by atoms with Crippen LogP contribution < -0.4 is 5.32 Å². The summed E-state index contributed by atoms with van der Waals surface area (Å²) >= 11 is 0. The largest absolute Gasteiger partial charge is 0.359 e. The fourth-order valence-electron chi connectivity index (χ4n) is 2.71. The molecule has 1 fully saturated rings. The van der Waals surface area contributed by atoms with Gasteiger partial charge in [0.25, 0.3) is 0 Å². The number of nitrogens with one attached hydrogen (secondary N) is 1. The molecule has 1 aliphatic rings. The maximum atomic E-state index is 13.0. The lowest BCUT2D eigenvalue weighted by atomic mass is 10.1. The van der Waals surface area contributed by atoms with Gasteiger partial charge in [-0.3, -0.25) is 9.69 Å². The lowest BCUT2D eigenvalue weighted by Gasteiger charge is -2.23. The van der Waals surface area contributed by atoms with Gasteiger partial charge in [0.05, 0.1) is 12.2 Å². The van der Waals surface area contributed by atoms with Crippen LogP contribution in [0.2, 0.25) is 0 Å². The molecule has 1 amide bonds. The molecule has 1 atom stereocenters. The van der Waals surface area contributed by atoms with Gasteiger partial charge in [-0.05, 0) is 17.7 Å². The van der Waals surface area contributed by atoms with Crippen LogP contribution in [0.5, 0.6) is 0 Å². The van der Waals surface area contributed by atoms with Crippen molar-refractivity contribution in [2.75, 3.05) is 39.5 Å². The van der Waals surface area contributed by atoms with Gasteiger partial charge in [0.15, 0.2) is 0 Å². The number of rotatable bonds is 4. The highest BCUT2D eigenvalue weighted by Crippen LogP contribution is 2.15. The molecule has 1 aromatic rings. The summed E-state index contributed by atoms with van der Waals surface area (Å²) in [5.41, 5.74) is 0.926. The van der Waals surface area contributed by atoms with Crippen molar-refractivity contribution >= 4 is 15.9 Å². The third kappa shape index (κ3) is 4.98. The zero-order chi connectivity index (χ0) is 17.0. The van der Waals surface area contributed by atoms with Crippen molar-refractivity contribution in [3.8, 4) is 0 Å². The third-order valence-corrected chi connectivity index (χ3v) is 5.24. The van der Waals surface area contributed by atoms with E-state index in [9.17, 15) is 17.6 Å². The second-order valence-electron chi connectivity index (χ2n) is 5.79. The third-order valence-electron chi connectivity index (χ3n) is 3.97. The Labute approximate surface area is 136 Å². The topological polar surface area (TPSA) is 69.7 Å². The SMILES string of the molecule is CNC(=O)[C@H]1CN(Cc2ccc(F)cc2)CCN(S(C)(=O)=O)C1. The van der Waals surface area contributed by atoms with Crippen LogP contribution in [0.1, 0.15) is 5.56 Å².